The van der Waals surface area contributed by atoms with Crippen LogP contribution in [0.2, 0.25) is 0 Å². The van der Waals surface area contributed by atoms with Crippen molar-refractivity contribution in [2.45, 2.75) is 50.5 Å². The molecule has 2 atom stereocenters. The number of carbonyl (C=O) groups excluding carboxylic acids is 1. The molecule has 0 aromatic carbocycles. The van der Waals surface area contributed by atoms with Gasteiger partial charge in [-0.2, -0.15) is 11.8 Å². The molecule has 0 N–H and O–H groups in total. The van der Waals surface area contributed by atoms with E-state index in [1.54, 1.807) is 7.11 Å². The highest BCUT2D eigenvalue weighted by atomic mass is 32.2. The first-order chi connectivity index (χ1) is 11.5. The molecule has 1 amide bonds. The van der Waals surface area contributed by atoms with Gasteiger partial charge in [0.25, 0.3) is 0 Å². The average molecular weight is 359 g/mol. The molecule has 3 aliphatic heterocycles. The van der Waals surface area contributed by atoms with Crippen LogP contribution in [0.25, 0.3) is 0 Å². The maximum Gasteiger partial charge on any atom is 0.233 e. The van der Waals surface area contributed by atoms with Gasteiger partial charge in [-0.05, 0) is 44.6 Å². The second kappa shape index (κ2) is 7.50. The van der Waals surface area contributed by atoms with Crippen molar-refractivity contribution in [3.8, 4) is 0 Å². The Bertz CT molecular complexity index is 452. The minimum atomic E-state index is -0.504. The van der Waals surface area contributed by atoms with Gasteiger partial charge in [0.1, 0.15) is 12.5 Å². The molecule has 3 rings (SSSR count). The van der Waals surface area contributed by atoms with E-state index in [4.69, 9.17) is 18.9 Å². The monoisotopic (exact) mass is 359 g/mol. The Kier molecular flexibility index (Phi) is 5.76. The summed E-state index contributed by atoms with van der Waals surface area (Å²) < 4.78 is 22.5. The van der Waals surface area contributed by atoms with Gasteiger partial charge in [0.05, 0.1) is 37.4 Å². The van der Waals surface area contributed by atoms with Crippen LogP contribution in [0.5, 0.6) is 0 Å². The smallest absolute Gasteiger partial charge is 0.233 e. The van der Waals surface area contributed by atoms with Gasteiger partial charge in [-0.3, -0.25) is 4.79 Å². The Morgan fingerprint density at radius 3 is 2.75 bits per heavy atom. The summed E-state index contributed by atoms with van der Waals surface area (Å²) in [5.74, 6) is 2.18. The Morgan fingerprint density at radius 2 is 2.04 bits per heavy atom. The fourth-order valence-electron chi connectivity index (χ4n) is 4.20. The molecule has 3 heterocycles. The number of carbonyl (C=O) groups is 1. The SMILES string of the molecule is COCCOCOC1([C@@H]2C(=O)N3[C@@H]2CCOC3(C)C)CCSCC1. The summed E-state index contributed by atoms with van der Waals surface area (Å²) in [7, 11) is 1.65. The maximum atomic E-state index is 12.9. The number of amides is 1. The zero-order valence-corrected chi connectivity index (χ0v) is 15.7. The van der Waals surface area contributed by atoms with E-state index in [-0.39, 0.29) is 30.3 Å². The third kappa shape index (κ3) is 3.33. The summed E-state index contributed by atoms with van der Waals surface area (Å²) in [6, 6.07) is 0.225. The third-order valence-electron chi connectivity index (χ3n) is 5.44. The van der Waals surface area contributed by atoms with Crippen LogP contribution in [-0.4, -0.2) is 73.4 Å². The van der Waals surface area contributed by atoms with Crippen molar-refractivity contribution >= 4 is 17.7 Å². The number of β-lactam (4-membered cyclic amide) rings is 1. The zero-order chi connectivity index (χ0) is 17.2. The van der Waals surface area contributed by atoms with Crippen LogP contribution in [0.4, 0.5) is 0 Å². The third-order valence-corrected chi connectivity index (χ3v) is 6.42. The summed E-state index contributed by atoms with van der Waals surface area (Å²) >= 11 is 1.94. The molecular weight excluding hydrogens is 330 g/mol. The number of fused-ring (bicyclic) bond motifs is 1. The molecule has 7 heteroatoms. The van der Waals surface area contributed by atoms with Crippen LogP contribution in [0.15, 0.2) is 0 Å². The van der Waals surface area contributed by atoms with Gasteiger partial charge in [-0.15, -0.1) is 0 Å². The molecule has 0 aromatic rings. The minimum Gasteiger partial charge on any atom is -0.382 e. The molecule has 0 aliphatic carbocycles. The van der Waals surface area contributed by atoms with Crippen molar-refractivity contribution in [2.75, 3.05) is 45.2 Å². The largest absolute Gasteiger partial charge is 0.382 e. The number of hydrogen-bond donors (Lipinski definition) is 0. The van der Waals surface area contributed by atoms with Crippen LogP contribution in [0, 0.1) is 5.92 Å². The summed E-state index contributed by atoms with van der Waals surface area (Å²) in [4.78, 5) is 14.9. The first-order valence-corrected chi connectivity index (χ1v) is 9.93. The predicted octanol–water partition coefficient (Wildman–Crippen LogP) is 1.87. The molecule has 3 aliphatic rings. The van der Waals surface area contributed by atoms with Crippen molar-refractivity contribution in [2.24, 2.45) is 5.92 Å². The van der Waals surface area contributed by atoms with Gasteiger partial charge in [0, 0.05) is 7.11 Å². The highest BCUT2D eigenvalue weighted by molar-refractivity contribution is 7.99. The number of thioether (sulfide) groups is 1. The standard InChI is InChI=1S/C17H29NO5S/c1-16(2)18-13(4-7-22-16)14(15(18)19)17(5-10-24-11-6-17)23-12-21-9-8-20-3/h13-14H,4-12H2,1-3H3/t13-,14+/m1/s1. The van der Waals surface area contributed by atoms with Crippen LogP contribution in [0.3, 0.4) is 0 Å². The second-order valence-electron chi connectivity index (χ2n) is 7.18. The minimum absolute atomic E-state index is 0.0624. The quantitative estimate of drug-likeness (QED) is 0.393. The van der Waals surface area contributed by atoms with Crippen LogP contribution in [0.1, 0.15) is 33.1 Å². The van der Waals surface area contributed by atoms with Crippen molar-refractivity contribution in [3.63, 3.8) is 0 Å². The Hall–Kier alpha value is -0.340. The van der Waals surface area contributed by atoms with E-state index < -0.39 is 5.72 Å². The molecule has 0 aromatic heterocycles. The molecule has 138 valence electrons. The zero-order valence-electron chi connectivity index (χ0n) is 14.9. The van der Waals surface area contributed by atoms with E-state index in [0.717, 1.165) is 30.8 Å². The van der Waals surface area contributed by atoms with E-state index in [1.165, 1.54) is 0 Å². The number of ether oxygens (including phenoxy) is 4. The van der Waals surface area contributed by atoms with Crippen LogP contribution in [-0.2, 0) is 23.7 Å². The van der Waals surface area contributed by atoms with Crippen molar-refractivity contribution in [1.29, 1.82) is 0 Å². The topological polar surface area (TPSA) is 57.2 Å². The van der Waals surface area contributed by atoms with E-state index in [9.17, 15) is 4.79 Å². The molecule has 6 nitrogen and oxygen atoms in total. The Labute approximate surface area is 148 Å². The van der Waals surface area contributed by atoms with Crippen molar-refractivity contribution < 1.29 is 23.7 Å². The first-order valence-electron chi connectivity index (χ1n) is 8.77. The summed E-state index contributed by atoms with van der Waals surface area (Å²) in [5.41, 5.74) is -0.889. The maximum absolute atomic E-state index is 12.9. The number of hydrogen-bond acceptors (Lipinski definition) is 6. The summed E-state index contributed by atoms with van der Waals surface area (Å²) in [5, 5.41) is 0. The number of nitrogens with zero attached hydrogens (tertiary/aromatic N) is 1. The molecule has 3 saturated heterocycles. The molecule has 0 unspecified atom stereocenters. The predicted molar refractivity (Wildman–Crippen MR) is 91.8 cm³/mol. The van der Waals surface area contributed by atoms with E-state index in [0.29, 0.717) is 19.8 Å². The van der Waals surface area contributed by atoms with Crippen molar-refractivity contribution in [3.05, 3.63) is 0 Å². The van der Waals surface area contributed by atoms with Gasteiger partial charge in [0.2, 0.25) is 5.91 Å². The molecule has 24 heavy (non-hydrogen) atoms. The van der Waals surface area contributed by atoms with Gasteiger partial charge >= 0.3 is 0 Å². The van der Waals surface area contributed by atoms with E-state index in [1.807, 2.05) is 30.5 Å². The lowest BCUT2D eigenvalue weighted by Gasteiger charge is -2.62. The number of methoxy groups -OCH3 is 1. The lowest BCUT2D eigenvalue weighted by Crippen LogP contribution is -2.76. The van der Waals surface area contributed by atoms with Gasteiger partial charge in [-0.1, -0.05) is 0 Å². The summed E-state index contributed by atoms with van der Waals surface area (Å²) in [6.07, 6.45) is 2.71. The van der Waals surface area contributed by atoms with Crippen LogP contribution >= 0.6 is 11.8 Å². The molecule has 0 saturated carbocycles. The highest BCUT2D eigenvalue weighted by Crippen LogP contribution is 2.50. The van der Waals surface area contributed by atoms with E-state index >= 15 is 0 Å². The fraction of sp³-hybridized carbons (Fsp3) is 0.941. The molecule has 0 radical (unpaired) electrons. The molecule has 3 fully saturated rings. The lowest BCUT2D eigenvalue weighted by molar-refractivity contribution is -0.265. The van der Waals surface area contributed by atoms with Crippen molar-refractivity contribution in [1.82, 2.24) is 4.90 Å². The van der Waals surface area contributed by atoms with Gasteiger partial charge in [-0.25, -0.2) is 0 Å². The highest BCUT2D eigenvalue weighted by Gasteiger charge is 2.63. The van der Waals surface area contributed by atoms with Gasteiger partial charge in [0.15, 0.2) is 0 Å². The fourth-order valence-corrected chi connectivity index (χ4v) is 5.39. The lowest BCUT2D eigenvalue weighted by atomic mass is 9.68. The molecule has 0 spiro atoms. The molecular formula is C17H29NO5S. The second-order valence-corrected chi connectivity index (χ2v) is 8.40. The Balaban J connectivity index is 1.68. The van der Waals surface area contributed by atoms with E-state index in [2.05, 4.69) is 0 Å². The molecule has 0 bridgehead atoms. The first kappa shape index (κ1) is 18.5. The Morgan fingerprint density at radius 1 is 1.29 bits per heavy atom. The van der Waals surface area contributed by atoms with Crippen LogP contribution < -0.4 is 0 Å². The number of rotatable bonds is 7. The normalized spacial score (nSPS) is 31.5. The average Bonchev–Trinajstić information content (AvgIpc) is 2.54. The summed E-state index contributed by atoms with van der Waals surface area (Å²) in [6.45, 7) is 5.95. The van der Waals surface area contributed by atoms with Gasteiger partial charge < -0.3 is 23.8 Å².